The first-order valence-electron chi connectivity index (χ1n) is 5.63. The smallest absolute Gasteiger partial charge is 0.242 e. The van der Waals surface area contributed by atoms with Crippen LogP contribution in [-0.2, 0) is 10.0 Å². The van der Waals surface area contributed by atoms with Crippen molar-refractivity contribution in [1.29, 1.82) is 0 Å². The van der Waals surface area contributed by atoms with E-state index in [-0.39, 0.29) is 11.5 Å². The zero-order chi connectivity index (χ0) is 14.5. The largest absolute Gasteiger partial charge is 0.495 e. The van der Waals surface area contributed by atoms with Gasteiger partial charge in [0.1, 0.15) is 5.75 Å². The highest BCUT2D eigenvalue weighted by Crippen LogP contribution is 2.23. The van der Waals surface area contributed by atoms with Crippen LogP contribution in [0.15, 0.2) is 23.1 Å². The van der Waals surface area contributed by atoms with Gasteiger partial charge >= 0.3 is 0 Å². The molecule has 0 aliphatic carbocycles. The second-order valence-corrected chi connectivity index (χ2v) is 6.08. The number of benzene rings is 1. The second kappa shape index (κ2) is 6.57. The lowest BCUT2D eigenvalue weighted by Gasteiger charge is -2.12. The van der Waals surface area contributed by atoms with Gasteiger partial charge in [0.25, 0.3) is 0 Å². The lowest BCUT2D eigenvalue weighted by molar-refractivity contribution is 0.305. The first-order valence-corrected chi connectivity index (χ1v) is 7.07. The van der Waals surface area contributed by atoms with E-state index in [1.54, 1.807) is 6.07 Å². The van der Waals surface area contributed by atoms with Crippen LogP contribution in [0, 0.1) is 11.8 Å². The maximum absolute atomic E-state index is 12.0. The Labute approximate surface area is 113 Å². The summed E-state index contributed by atoms with van der Waals surface area (Å²) >= 11 is 0. The Morgan fingerprint density at radius 1 is 1.37 bits per heavy atom. The molecule has 0 saturated heterocycles. The van der Waals surface area contributed by atoms with Crippen molar-refractivity contribution in [3.8, 4) is 17.6 Å². The number of ether oxygens (including phenoxy) is 1. The van der Waals surface area contributed by atoms with E-state index in [1.165, 1.54) is 33.3 Å². The molecule has 0 radical (unpaired) electrons. The van der Waals surface area contributed by atoms with E-state index >= 15 is 0 Å². The predicted molar refractivity (Wildman–Crippen MR) is 72.4 cm³/mol. The first kappa shape index (κ1) is 15.5. The average molecular weight is 283 g/mol. The van der Waals surface area contributed by atoms with Gasteiger partial charge in [-0.05, 0) is 18.2 Å². The molecule has 6 heteroatoms. The Morgan fingerprint density at radius 3 is 2.58 bits per heavy atom. The summed E-state index contributed by atoms with van der Waals surface area (Å²) in [6.07, 6.45) is 0.327. The van der Waals surface area contributed by atoms with E-state index in [9.17, 15) is 8.42 Å². The third-order valence-corrected chi connectivity index (χ3v) is 4.22. The molecular formula is C13H17NO4S. The van der Waals surface area contributed by atoms with Crippen molar-refractivity contribution in [2.75, 3.05) is 27.8 Å². The summed E-state index contributed by atoms with van der Waals surface area (Å²) in [7, 11) is 0.936. The van der Waals surface area contributed by atoms with Crippen LogP contribution in [-0.4, -0.2) is 45.6 Å². The lowest BCUT2D eigenvalue weighted by Crippen LogP contribution is -2.22. The highest BCUT2D eigenvalue weighted by Gasteiger charge is 2.18. The van der Waals surface area contributed by atoms with E-state index in [1.807, 2.05) is 0 Å². The fourth-order valence-corrected chi connectivity index (χ4v) is 2.30. The molecule has 1 aromatic rings. The van der Waals surface area contributed by atoms with Gasteiger partial charge in [-0.1, -0.05) is 11.8 Å². The summed E-state index contributed by atoms with van der Waals surface area (Å²) in [5, 5.41) is 8.69. The van der Waals surface area contributed by atoms with Gasteiger partial charge in [0, 0.05) is 20.5 Å². The Hall–Kier alpha value is -1.55. The minimum Gasteiger partial charge on any atom is -0.495 e. The maximum Gasteiger partial charge on any atom is 0.242 e. The summed E-state index contributed by atoms with van der Waals surface area (Å²) in [6, 6.07) is 4.52. The first-order chi connectivity index (χ1) is 8.93. The van der Waals surface area contributed by atoms with Crippen molar-refractivity contribution in [2.24, 2.45) is 0 Å². The third-order valence-electron chi connectivity index (χ3n) is 2.41. The maximum atomic E-state index is 12.0. The van der Waals surface area contributed by atoms with Gasteiger partial charge in [-0.3, -0.25) is 0 Å². The van der Waals surface area contributed by atoms with Crippen molar-refractivity contribution >= 4 is 10.0 Å². The molecular weight excluding hydrogens is 266 g/mol. The normalized spacial score (nSPS) is 11.0. The minimum absolute atomic E-state index is 0.0367. The van der Waals surface area contributed by atoms with Crippen molar-refractivity contribution < 1.29 is 18.3 Å². The van der Waals surface area contributed by atoms with Crippen LogP contribution in [0.4, 0.5) is 0 Å². The molecule has 1 rings (SSSR count). The van der Waals surface area contributed by atoms with E-state index < -0.39 is 10.0 Å². The van der Waals surface area contributed by atoms with Crippen LogP contribution >= 0.6 is 0 Å². The summed E-state index contributed by atoms with van der Waals surface area (Å²) in [5.41, 5.74) is 0.485. The van der Waals surface area contributed by atoms with Gasteiger partial charge < -0.3 is 9.84 Å². The second-order valence-electron chi connectivity index (χ2n) is 3.92. The van der Waals surface area contributed by atoms with E-state index in [2.05, 4.69) is 11.8 Å². The Morgan fingerprint density at radius 2 is 2.05 bits per heavy atom. The topological polar surface area (TPSA) is 66.8 Å². The molecule has 0 bridgehead atoms. The number of hydrogen-bond donors (Lipinski definition) is 1. The van der Waals surface area contributed by atoms with Crippen LogP contribution < -0.4 is 4.74 Å². The van der Waals surface area contributed by atoms with Gasteiger partial charge in [-0.15, -0.1) is 0 Å². The van der Waals surface area contributed by atoms with Crippen LogP contribution in [0.3, 0.4) is 0 Å². The zero-order valence-corrected chi connectivity index (χ0v) is 12.0. The molecule has 0 unspecified atom stereocenters. The Balaban J connectivity index is 3.28. The van der Waals surface area contributed by atoms with Crippen molar-refractivity contribution in [1.82, 2.24) is 4.31 Å². The molecule has 0 fully saturated rings. The molecule has 0 amide bonds. The molecule has 0 heterocycles. The molecule has 19 heavy (non-hydrogen) atoms. The zero-order valence-electron chi connectivity index (χ0n) is 11.2. The highest BCUT2D eigenvalue weighted by molar-refractivity contribution is 7.89. The molecule has 0 saturated carbocycles. The minimum atomic E-state index is -3.49. The Bertz CT molecular complexity index is 597. The fourth-order valence-electron chi connectivity index (χ4n) is 1.37. The molecule has 5 nitrogen and oxygen atoms in total. The molecule has 0 aliphatic heterocycles. The molecule has 1 N–H and O–H groups in total. The van der Waals surface area contributed by atoms with Crippen molar-refractivity contribution in [3.05, 3.63) is 23.8 Å². The summed E-state index contributed by atoms with van der Waals surface area (Å²) in [5.74, 6) is 6.05. The van der Waals surface area contributed by atoms with Crippen LogP contribution in [0.25, 0.3) is 0 Å². The summed E-state index contributed by atoms with van der Waals surface area (Å²) in [4.78, 5) is 0.159. The third kappa shape index (κ3) is 3.70. The SMILES string of the molecule is COc1ccc(S(=O)(=O)N(C)C)cc1C#CCCO. The molecule has 0 atom stereocenters. The lowest BCUT2D eigenvalue weighted by atomic mass is 10.2. The van der Waals surface area contributed by atoms with Crippen molar-refractivity contribution in [2.45, 2.75) is 11.3 Å². The number of methoxy groups -OCH3 is 1. The molecule has 1 aromatic carbocycles. The van der Waals surface area contributed by atoms with Gasteiger partial charge in [-0.25, -0.2) is 12.7 Å². The quantitative estimate of drug-likeness (QED) is 0.825. The monoisotopic (exact) mass is 283 g/mol. The van der Waals surface area contributed by atoms with E-state index in [0.717, 1.165) is 4.31 Å². The summed E-state index contributed by atoms with van der Waals surface area (Å²) < 4.78 is 30.3. The fraction of sp³-hybridized carbons (Fsp3) is 0.385. The van der Waals surface area contributed by atoms with Gasteiger partial charge in [-0.2, -0.15) is 0 Å². The van der Waals surface area contributed by atoms with E-state index in [4.69, 9.17) is 9.84 Å². The summed E-state index contributed by atoms with van der Waals surface area (Å²) in [6.45, 7) is -0.0367. The number of hydrogen-bond acceptors (Lipinski definition) is 4. The number of aliphatic hydroxyl groups is 1. The van der Waals surface area contributed by atoms with Gasteiger partial charge in [0.2, 0.25) is 10.0 Å². The molecule has 0 spiro atoms. The average Bonchev–Trinajstić information content (AvgIpc) is 2.38. The number of sulfonamides is 1. The van der Waals surface area contributed by atoms with Gasteiger partial charge in [0.05, 0.1) is 24.2 Å². The standard InChI is InChI=1S/C13H17NO4S/c1-14(2)19(16,17)12-7-8-13(18-3)11(10-12)6-4-5-9-15/h7-8,10,15H,5,9H2,1-3H3. The number of nitrogens with zero attached hydrogens (tertiary/aromatic N) is 1. The number of rotatable bonds is 4. The Kier molecular flexibility index (Phi) is 5.36. The van der Waals surface area contributed by atoms with Crippen LogP contribution in [0.5, 0.6) is 5.75 Å². The van der Waals surface area contributed by atoms with Crippen LogP contribution in [0.2, 0.25) is 0 Å². The van der Waals surface area contributed by atoms with Gasteiger partial charge in [0.15, 0.2) is 0 Å². The van der Waals surface area contributed by atoms with Crippen LogP contribution in [0.1, 0.15) is 12.0 Å². The highest BCUT2D eigenvalue weighted by atomic mass is 32.2. The van der Waals surface area contributed by atoms with Crippen molar-refractivity contribution in [3.63, 3.8) is 0 Å². The van der Waals surface area contributed by atoms with E-state index in [0.29, 0.717) is 17.7 Å². The predicted octanol–water partition coefficient (Wildman–Crippen LogP) is 0.679. The molecule has 0 aromatic heterocycles. The number of aliphatic hydroxyl groups excluding tert-OH is 1. The molecule has 104 valence electrons. The molecule has 0 aliphatic rings.